The van der Waals surface area contributed by atoms with Gasteiger partial charge in [0.25, 0.3) is 0 Å². The molecule has 1 aromatic rings. The number of hydrogen-bond acceptors (Lipinski definition) is 2. The van der Waals surface area contributed by atoms with Crippen LogP contribution in [-0.4, -0.2) is 25.8 Å². The number of nitrogens with zero attached hydrogens (tertiary/aromatic N) is 1. The van der Waals surface area contributed by atoms with Crippen LogP contribution in [0.2, 0.25) is 0 Å². The SMILES string of the molecule is CCCN(CC(F)(F)F)c1ccc(CNCC)cc1Br. The van der Waals surface area contributed by atoms with Gasteiger partial charge in [0, 0.05) is 17.6 Å². The van der Waals surface area contributed by atoms with E-state index in [0.717, 1.165) is 12.1 Å². The summed E-state index contributed by atoms with van der Waals surface area (Å²) in [6.07, 6.45) is -3.53. The number of hydrogen-bond donors (Lipinski definition) is 1. The molecule has 0 atom stereocenters. The van der Waals surface area contributed by atoms with Crippen LogP contribution in [0.5, 0.6) is 0 Å². The molecule has 0 radical (unpaired) electrons. The molecule has 1 rings (SSSR count). The Morgan fingerprint density at radius 3 is 2.45 bits per heavy atom. The van der Waals surface area contributed by atoms with Gasteiger partial charge in [0.15, 0.2) is 0 Å². The molecule has 0 amide bonds. The minimum absolute atomic E-state index is 0.380. The van der Waals surface area contributed by atoms with Crippen LogP contribution < -0.4 is 10.2 Å². The summed E-state index contributed by atoms with van der Waals surface area (Å²) in [6.45, 7) is 4.90. The van der Waals surface area contributed by atoms with Crippen molar-refractivity contribution in [2.45, 2.75) is 33.0 Å². The van der Waals surface area contributed by atoms with Crippen molar-refractivity contribution < 1.29 is 13.2 Å². The van der Waals surface area contributed by atoms with Crippen LogP contribution in [-0.2, 0) is 6.54 Å². The highest BCUT2D eigenvalue weighted by Gasteiger charge is 2.31. The fourth-order valence-electron chi connectivity index (χ4n) is 1.96. The molecular weight excluding hydrogens is 333 g/mol. The molecule has 0 unspecified atom stereocenters. The van der Waals surface area contributed by atoms with Crippen LogP contribution in [0.15, 0.2) is 22.7 Å². The Kier molecular flexibility index (Phi) is 6.82. The van der Waals surface area contributed by atoms with E-state index < -0.39 is 12.7 Å². The van der Waals surface area contributed by atoms with Crippen LogP contribution in [0.3, 0.4) is 0 Å². The summed E-state index contributed by atoms with van der Waals surface area (Å²) in [4.78, 5) is 1.36. The second-order valence-electron chi connectivity index (χ2n) is 4.60. The molecule has 2 nitrogen and oxygen atoms in total. The molecule has 1 N–H and O–H groups in total. The topological polar surface area (TPSA) is 15.3 Å². The molecule has 0 aliphatic carbocycles. The molecule has 114 valence electrons. The number of halogens is 4. The lowest BCUT2D eigenvalue weighted by Gasteiger charge is -2.26. The summed E-state index contributed by atoms with van der Waals surface area (Å²) >= 11 is 3.38. The first-order valence-electron chi connectivity index (χ1n) is 6.68. The van der Waals surface area contributed by atoms with E-state index in [1.54, 1.807) is 6.07 Å². The van der Waals surface area contributed by atoms with Gasteiger partial charge in [-0.25, -0.2) is 0 Å². The molecular formula is C14H20BrF3N2. The van der Waals surface area contributed by atoms with E-state index in [1.165, 1.54) is 4.90 Å². The molecule has 1 aromatic carbocycles. The zero-order chi connectivity index (χ0) is 15.2. The molecule has 0 spiro atoms. The van der Waals surface area contributed by atoms with E-state index in [4.69, 9.17) is 0 Å². The van der Waals surface area contributed by atoms with Gasteiger partial charge in [0.2, 0.25) is 0 Å². The maximum Gasteiger partial charge on any atom is 0.405 e. The largest absolute Gasteiger partial charge is 0.405 e. The number of anilines is 1. The predicted octanol–water partition coefficient (Wildman–Crippen LogP) is 4.34. The molecule has 20 heavy (non-hydrogen) atoms. The summed E-state index contributed by atoms with van der Waals surface area (Å²) in [5.41, 5.74) is 1.63. The zero-order valence-electron chi connectivity index (χ0n) is 11.7. The van der Waals surface area contributed by atoms with Gasteiger partial charge >= 0.3 is 6.18 Å². The van der Waals surface area contributed by atoms with Gasteiger partial charge < -0.3 is 10.2 Å². The van der Waals surface area contributed by atoms with Gasteiger partial charge in [-0.1, -0.05) is 19.9 Å². The molecule has 0 aliphatic heterocycles. The lowest BCUT2D eigenvalue weighted by atomic mass is 10.2. The number of rotatable bonds is 7. The average molecular weight is 353 g/mol. The molecule has 0 aromatic heterocycles. The highest BCUT2D eigenvalue weighted by Crippen LogP contribution is 2.30. The van der Waals surface area contributed by atoms with Crippen molar-refractivity contribution in [1.29, 1.82) is 0 Å². The summed E-state index contributed by atoms with van der Waals surface area (Å²) in [5.74, 6) is 0. The van der Waals surface area contributed by atoms with Crippen molar-refractivity contribution in [3.8, 4) is 0 Å². The van der Waals surface area contributed by atoms with Crippen molar-refractivity contribution in [2.75, 3.05) is 24.5 Å². The van der Waals surface area contributed by atoms with Crippen molar-refractivity contribution in [2.24, 2.45) is 0 Å². The van der Waals surface area contributed by atoms with Gasteiger partial charge in [-0.3, -0.25) is 0 Å². The minimum atomic E-state index is -4.20. The highest BCUT2D eigenvalue weighted by atomic mass is 79.9. The predicted molar refractivity (Wildman–Crippen MR) is 80.1 cm³/mol. The third-order valence-electron chi connectivity index (χ3n) is 2.80. The minimum Gasteiger partial charge on any atom is -0.362 e. The van der Waals surface area contributed by atoms with Crippen LogP contribution in [0.1, 0.15) is 25.8 Å². The number of nitrogens with one attached hydrogen (secondary N) is 1. The molecule has 0 saturated heterocycles. The quantitative estimate of drug-likeness (QED) is 0.785. The van der Waals surface area contributed by atoms with E-state index in [1.807, 2.05) is 26.0 Å². The Morgan fingerprint density at radius 1 is 1.25 bits per heavy atom. The Balaban J connectivity index is 2.90. The Labute approximate surface area is 126 Å². The van der Waals surface area contributed by atoms with E-state index in [-0.39, 0.29) is 0 Å². The van der Waals surface area contributed by atoms with Gasteiger partial charge in [-0.05, 0) is 46.6 Å². The van der Waals surface area contributed by atoms with Gasteiger partial charge in [-0.2, -0.15) is 13.2 Å². The van der Waals surface area contributed by atoms with E-state index >= 15 is 0 Å². The fraction of sp³-hybridized carbons (Fsp3) is 0.571. The molecule has 0 saturated carbocycles. The zero-order valence-corrected chi connectivity index (χ0v) is 13.3. The number of alkyl halides is 3. The summed E-state index contributed by atoms with van der Waals surface area (Å²) in [6, 6.07) is 5.48. The summed E-state index contributed by atoms with van der Waals surface area (Å²) in [7, 11) is 0. The molecule has 0 fully saturated rings. The highest BCUT2D eigenvalue weighted by molar-refractivity contribution is 9.10. The van der Waals surface area contributed by atoms with E-state index in [0.29, 0.717) is 29.7 Å². The first-order chi connectivity index (χ1) is 9.37. The standard InChI is InChI=1S/C14H20BrF3N2/c1-3-7-20(10-14(16,17)18)13-6-5-11(8-12(13)15)9-19-4-2/h5-6,8,19H,3-4,7,9-10H2,1-2H3. The lowest BCUT2D eigenvalue weighted by molar-refractivity contribution is -0.119. The van der Waals surface area contributed by atoms with Gasteiger partial charge in [0.05, 0.1) is 5.69 Å². The van der Waals surface area contributed by atoms with Crippen molar-refractivity contribution >= 4 is 21.6 Å². The second-order valence-corrected chi connectivity index (χ2v) is 5.46. The second kappa shape index (κ2) is 7.88. The van der Waals surface area contributed by atoms with Crippen LogP contribution in [0.25, 0.3) is 0 Å². The third-order valence-corrected chi connectivity index (χ3v) is 3.43. The molecule has 0 heterocycles. The maximum atomic E-state index is 12.6. The van der Waals surface area contributed by atoms with Gasteiger partial charge in [0.1, 0.15) is 6.54 Å². The molecule has 0 bridgehead atoms. The molecule has 0 aliphatic rings. The monoisotopic (exact) mass is 352 g/mol. The van der Waals surface area contributed by atoms with Crippen LogP contribution in [0, 0.1) is 0 Å². The number of benzene rings is 1. The smallest absolute Gasteiger partial charge is 0.362 e. The first-order valence-corrected chi connectivity index (χ1v) is 7.47. The van der Waals surface area contributed by atoms with E-state index in [9.17, 15) is 13.2 Å². The summed E-state index contributed by atoms with van der Waals surface area (Å²) in [5, 5.41) is 3.19. The summed E-state index contributed by atoms with van der Waals surface area (Å²) < 4.78 is 38.6. The average Bonchev–Trinajstić information content (AvgIpc) is 2.34. The van der Waals surface area contributed by atoms with Crippen molar-refractivity contribution in [3.05, 3.63) is 28.2 Å². The van der Waals surface area contributed by atoms with E-state index in [2.05, 4.69) is 21.2 Å². The third kappa shape index (κ3) is 5.71. The first kappa shape index (κ1) is 17.3. The fourth-order valence-corrected chi connectivity index (χ4v) is 2.63. The molecule has 6 heteroatoms. The Hall–Kier alpha value is -0.750. The lowest BCUT2D eigenvalue weighted by Crippen LogP contribution is -2.35. The van der Waals surface area contributed by atoms with Crippen LogP contribution in [0.4, 0.5) is 18.9 Å². The van der Waals surface area contributed by atoms with Crippen molar-refractivity contribution in [1.82, 2.24) is 5.32 Å². The Bertz CT molecular complexity index is 421. The normalized spacial score (nSPS) is 11.7. The van der Waals surface area contributed by atoms with Crippen molar-refractivity contribution in [3.63, 3.8) is 0 Å². The maximum absolute atomic E-state index is 12.6. The Morgan fingerprint density at radius 2 is 1.95 bits per heavy atom. The van der Waals surface area contributed by atoms with Gasteiger partial charge in [-0.15, -0.1) is 0 Å². The van der Waals surface area contributed by atoms with Crippen LogP contribution >= 0.6 is 15.9 Å².